The van der Waals surface area contributed by atoms with E-state index >= 15 is 0 Å². The quantitative estimate of drug-likeness (QED) is 0.161. The molecule has 0 amide bonds. The van der Waals surface area contributed by atoms with Gasteiger partial charge >= 0.3 is 0 Å². The fourth-order valence-corrected chi connectivity index (χ4v) is 10.1. The molecule has 0 aliphatic rings. The van der Waals surface area contributed by atoms with Crippen LogP contribution in [-0.4, -0.2) is 19.5 Å². The van der Waals surface area contributed by atoms with Crippen LogP contribution in [0.4, 0.5) is 0 Å². The number of para-hydroxylation sites is 1. The Labute approximate surface area is 362 Å². The van der Waals surface area contributed by atoms with Crippen molar-refractivity contribution in [1.29, 1.82) is 0 Å². The molecule has 0 atom stereocenters. The first kappa shape index (κ1) is 35.9. The highest BCUT2D eigenvalue weighted by atomic mass is 32.1. The standard InChI is InChI=1S/C57H36N4S/c1-5-18-37(19-6-1)42-28-17-29-43(38-20-7-2-8-21-38)54(42)41-32-33-50(48(34-41)57-59-55(39-22-9-3-10-23-39)58-56(60-57)40-24-11-4-12-25-40)61-49-30-15-13-26-44(49)46-35-47-45-27-14-16-31-52(45)62-53(47)36-51(46)61/h1-36H. The first-order valence-electron chi connectivity index (χ1n) is 20.9. The summed E-state index contributed by atoms with van der Waals surface area (Å²) in [6.45, 7) is 0. The number of nitrogens with zero attached hydrogens (tertiary/aromatic N) is 4. The maximum Gasteiger partial charge on any atom is 0.166 e. The number of benzene rings is 9. The largest absolute Gasteiger partial charge is 0.308 e. The molecule has 0 N–H and O–H groups in total. The Bertz CT molecular complexity index is 3500. The van der Waals surface area contributed by atoms with Gasteiger partial charge in [-0.2, -0.15) is 0 Å². The lowest BCUT2D eigenvalue weighted by atomic mass is 9.87. The third kappa shape index (κ3) is 6.09. The third-order valence-corrected chi connectivity index (χ3v) is 13.0. The van der Waals surface area contributed by atoms with E-state index in [0.29, 0.717) is 17.5 Å². The molecule has 9 aromatic carbocycles. The molecule has 0 saturated heterocycles. The van der Waals surface area contributed by atoms with Gasteiger partial charge in [0.05, 0.1) is 16.7 Å². The summed E-state index contributed by atoms with van der Waals surface area (Å²) in [5, 5.41) is 4.97. The lowest BCUT2D eigenvalue weighted by Gasteiger charge is -2.20. The van der Waals surface area contributed by atoms with Crippen molar-refractivity contribution in [3.63, 3.8) is 0 Å². The topological polar surface area (TPSA) is 43.6 Å². The smallest absolute Gasteiger partial charge is 0.166 e. The summed E-state index contributed by atoms with van der Waals surface area (Å²) in [6.07, 6.45) is 0. The van der Waals surface area contributed by atoms with Gasteiger partial charge in [0.2, 0.25) is 0 Å². The van der Waals surface area contributed by atoms with Crippen molar-refractivity contribution < 1.29 is 0 Å². The molecule has 3 heterocycles. The number of fused-ring (bicyclic) bond motifs is 6. The lowest BCUT2D eigenvalue weighted by Crippen LogP contribution is -2.04. The molecule has 0 aliphatic heterocycles. The normalized spacial score (nSPS) is 11.5. The summed E-state index contributed by atoms with van der Waals surface area (Å²) < 4.78 is 4.96. The summed E-state index contributed by atoms with van der Waals surface area (Å²) in [5.41, 5.74) is 12.8. The van der Waals surface area contributed by atoms with Crippen LogP contribution in [0.15, 0.2) is 218 Å². The predicted molar refractivity (Wildman–Crippen MR) is 260 cm³/mol. The van der Waals surface area contributed by atoms with E-state index in [2.05, 4.69) is 187 Å². The molecule has 4 nitrogen and oxygen atoms in total. The lowest BCUT2D eigenvalue weighted by molar-refractivity contribution is 1.06. The Balaban J connectivity index is 1.20. The van der Waals surface area contributed by atoms with E-state index in [1.807, 2.05) is 47.7 Å². The molecule has 0 aliphatic carbocycles. The van der Waals surface area contributed by atoms with Crippen LogP contribution in [0, 0.1) is 0 Å². The number of hydrogen-bond acceptors (Lipinski definition) is 4. The molecule has 0 unspecified atom stereocenters. The summed E-state index contributed by atoms with van der Waals surface area (Å²) in [5.74, 6) is 1.84. The summed E-state index contributed by atoms with van der Waals surface area (Å²) in [7, 11) is 0. The third-order valence-electron chi connectivity index (χ3n) is 11.9. The van der Waals surface area contributed by atoms with Crippen LogP contribution in [0.5, 0.6) is 0 Å². The minimum absolute atomic E-state index is 0.599. The van der Waals surface area contributed by atoms with Gasteiger partial charge < -0.3 is 4.57 Å². The zero-order chi connectivity index (χ0) is 41.0. The average Bonchev–Trinajstić information content (AvgIpc) is 3.88. The second-order valence-electron chi connectivity index (χ2n) is 15.5. The molecule has 0 radical (unpaired) electrons. The van der Waals surface area contributed by atoms with Gasteiger partial charge in [0.25, 0.3) is 0 Å². The van der Waals surface area contributed by atoms with Crippen LogP contribution >= 0.6 is 11.3 Å². The van der Waals surface area contributed by atoms with Gasteiger partial charge in [-0.25, -0.2) is 15.0 Å². The van der Waals surface area contributed by atoms with E-state index in [4.69, 9.17) is 15.0 Å². The minimum Gasteiger partial charge on any atom is -0.308 e. The van der Waals surface area contributed by atoms with Crippen molar-refractivity contribution in [3.8, 4) is 73.2 Å². The van der Waals surface area contributed by atoms with E-state index in [9.17, 15) is 0 Å². The highest BCUT2D eigenvalue weighted by Crippen LogP contribution is 2.45. The maximum atomic E-state index is 5.37. The zero-order valence-corrected chi connectivity index (χ0v) is 34.3. The molecule has 0 bridgehead atoms. The van der Waals surface area contributed by atoms with Crippen molar-refractivity contribution >= 4 is 53.3 Å². The Hall–Kier alpha value is -7.99. The van der Waals surface area contributed by atoms with Gasteiger partial charge in [0.1, 0.15) is 0 Å². The molecule has 5 heteroatoms. The number of aromatic nitrogens is 4. The van der Waals surface area contributed by atoms with E-state index < -0.39 is 0 Å². The van der Waals surface area contributed by atoms with Crippen LogP contribution in [0.2, 0.25) is 0 Å². The molecule has 290 valence electrons. The Morgan fingerprint density at radius 3 is 1.47 bits per heavy atom. The SMILES string of the molecule is c1ccc(-c2nc(-c3ccccc3)nc(-c3cc(-c4c(-c5ccccc5)cccc4-c4ccccc4)ccc3-n3c4ccccc4c4cc5c(cc43)sc3ccccc35)n2)cc1. The molecular formula is C57H36N4S. The Kier molecular flexibility index (Phi) is 8.65. The van der Waals surface area contributed by atoms with Gasteiger partial charge in [0, 0.05) is 47.6 Å². The van der Waals surface area contributed by atoms with E-state index in [-0.39, 0.29) is 0 Å². The highest BCUT2D eigenvalue weighted by molar-refractivity contribution is 7.25. The predicted octanol–water partition coefficient (Wildman–Crippen LogP) is 15.3. The Morgan fingerprint density at radius 1 is 0.306 bits per heavy atom. The van der Waals surface area contributed by atoms with E-state index in [1.54, 1.807) is 0 Å². The molecule has 0 spiro atoms. The highest BCUT2D eigenvalue weighted by Gasteiger charge is 2.23. The monoisotopic (exact) mass is 808 g/mol. The van der Waals surface area contributed by atoms with Gasteiger partial charge in [-0.05, 0) is 69.8 Å². The van der Waals surface area contributed by atoms with E-state index in [0.717, 1.165) is 66.8 Å². The maximum absolute atomic E-state index is 5.37. The van der Waals surface area contributed by atoms with Crippen molar-refractivity contribution in [2.24, 2.45) is 0 Å². The van der Waals surface area contributed by atoms with Crippen LogP contribution in [0.1, 0.15) is 0 Å². The number of hydrogen-bond donors (Lipinski definition) is 0. The van der Waals surface area contributed by atoms with Crippen molar-refractivity contribution in [3.05, 3.63) is 218 Å². The fraction of sp³-hybridized carbons (Fsp3) is 0. The van der Waals surface area contributed by atoms with Crippen LogP contribution < -0.4 is 0 Å². The van der Waals surface area contributed by atoms with Crippen LogP contribution in [0.3, 0.4) is 0 Å². The molecule has 62 heavy (non-hydrogen) atoms. The van der Waals surface area contributed by atoms with Crippen LogP contribution in [0.25, 0.3) is 115 Å². The zero-order valence-electron chi connectivity index (χ0n) is 33.5. The summed E-state index contributed by atoms with van der Waals surface area (Å²) in [6, 6.07) is 77.6. The number of thiophene rings is 1. The Morgan fingerprint density at radius 2 is 0.839 bits per heavy atom. The molecule has 3 aromatic heterocycles. The first-order valence-corrected chi connectivity index (χ1v) is 21.7. The van der Waals surface area contributed by atoms with Gasteiger partial charge in [0.15, 0.2) is 17.5 Å². The molecule has 0 saturated carbocycles. The first-order chi connectivity index (χ1) is 30.7. The van der Waals surface area contributed by atoms with E-state index in [1.165, 1.54) is 30.9 Å². The summed E-state index contributed by atoms with van der Waals surface area (Å²) >= 11 is 1.84. The van der Waals surface area contributed by atoms with Crippen molar-refractivity contribution in [2.75, 3.05) is 0 Å². The summed E-state index contributed by atoms with van der Waals surface area (Å²) in [4.78, 5) is 15.8. The van der Waals surface area contributed by atoms with Gasteiger partial charge in [-0.15, -0.1) is 11.3 Å². The number of rotatable bonds is 7. The average molecular weight is 809 g/mol. The molecule has 0 fully saturated rings. The fourth-order valence-electron chi connectivity index (χ4n) is 9.02. The second-order valence-corrected chi connectivity index (χ2v) is 16.6. The molecule has 12 rings (SSSR count). The van der Waals surface area contributed by atoms with Gasteiger partial charge in [-0.3, -0.25) is 0 Å². The second kappa shape index (κ2) is 14.9. The molecule has 12 aromatic rings. The van der Waals surface area contributed by atoms with Crippen molar-refractivity contribution in [2.45, 2.75) is 0 Å². The van der Waals surface area contributed by atoms with Crippen molar-refractivity contribution in [1.82, 2.24) is 19.5 Å². The molecular weight excluding hydrogens is 773 g/mol. The minimum atomic E-state index is 0.599. The van der Waals surface area contributed by atoms with Gasteiger partial charge in [-0.1, -0.05) is 182 Å². The van der Waals surface area contributed by atoms with Crippen LogP contribution in [-0.2, 0) is 0 Å².